The molecule has 0 bridgehead atoms. The van der Waals surface area contributed by atoms with E-state index in [0.717, 1.165) is 8.47 Å². The van der Waals surface area contributed by atoms with Crippen LogP contribution in [0.1, 0.15) is 29.0 Å². The number of benzene rings is 3. The fourth-order valence-corrected chi connectivity index (χ4v) is 4.92. The van der Waals surface area contributed by atoms with Crippen molar-refractivity contribution in [2.75, 3.05) is 13.2 Å². The van der Waals surface area contributed by atoms with Gasteiger partial charge in [-0.2, -0.15) is 0 Å². The molecule has 11 heteroatoms. The van der Waals surface area contributed by atoms with Crippen molar-refractivity contribution in [3.8, 4) is 17.0 Å². The van der Waals surface area contributed by atoms with Crippen LogP contribution in [0.4, 0.5) is 13.6 Å². The normalized spacial score (nSPS) is 15.9. The summed E-state index contributed by atoms with van der Waals surface area (Å²) in [6, 6.07) is 14.8. The number of halogens is 3. The minimum absolute atomic E-state index is 0.0470. The minimum Gasteiger partial charge on any atom is -0.491 e. The Morgan fingerprint density at radius 3 is 2.54 bits per heavy atom. The maximum absolute atomic E-state index is 14.7. The van der Waals surface area contributed by atoms with Crippen molar-refractivity contribution in [2.45, 2.75) is 18.5 Å². The summed E-state index contributed by atoms with van der Waals surface area (Å²) < 4.78 is 35.4. The van der Waals surface area contributed by atoms with E-state index in [2.05, 4.69) is 15.3 Å². The van der Waals surface area contributed by atoms with Crippen molar-refractivity contribution in [3.05, 3.63) is 105 Å². The minimum atomic E-state index is -0.993. The molecule has 200 valence electrons. The number of aromatic amines is 1. The molecular formula is C28H23F2IN4O4. The lowest BCUT2D eigenvalue weighted by atomic mass is 10.0. The van der Waals surface area contributed by atoms with Crippen LogP contribution in [0.5, 0.6) is 5.75 Å². The number of imide groups is 1. The molecule has 0 spiro atoms. The van der Waals surface area contributed by atoms with Crippen LogP contribution in [0.15, 0.2) is 72.9 Å². The second kappa shape index (κ2) is 11.5. The number of carbonyl (C=O) groups is 2. The van der Waals surface area contributed by atoms with Gasteiger partial charge >= 0.3 is 6.03 Å². The molecule has 1 saturated heterocycles. The number of imidazole rings is 1. The number of ether oxygens (including phenoxy) is 1. The molecule has 1 fully saturated rings. The van der Waals surface area contributed by atoms with Crippen LogP contribution < -0.4 is 10.1 Å². The van der Waals surface area contributed by atoms with Crippen LogP contribution in [0, 0.1) is 15.2 Å². The Kier molecular flexibility index (Phi) is 7.89. The second-order valence-corrected chi connectivity index (χ2v) is 10.1. The van der Waals surface area contributed by atoms with E-state index in [1.54, 1.807) is 54.6 Å². The summed E-state index contributed by atoms with van der Waals surface area (Å²) in [4.78, 5) is 35.2. The molecule has 1 aromatic heterocycles. The highest BCUT2D eigenvalue weighted by Gasteiger charge is 2.44. The van der Waals surface area contributed by atoms with E-state index in [-0.39, 0.29) is 36.6 Å². The molecular weight excluding hydrogens is 621 g/mol. The molecule has 3 N–H and O–H groups in total. The van der Waals surface area contributed by atoms with Gasteiger partial charge in [0.2, 0.25) is 0 Å². The van der Waals surface area contributed by atoms with Gasteiger partial charge in [-0.3, -0.25) is 9.69 Å². The molecule has 39 heavy (non-hydrogen) atoms. The fourth-order valence-electron chi connectivity index (χ4n) is 4.47. The average Bonchev–Trinajstić information content (AvgIpc) is 3.52. The standard InChI is InChI=1S/C28H23F2IN4O4/c29-21-4-2-1-3-17(21)13-24(26-32-15-23(33-26)20-10-7-18(31)14-22(20)30)35-27(37)25(34-28(35)38)16-5-8-19(9-6-16)39-12-11-36/h1-10,14-15,24-25,36H,11-13H2,(H,32,33)(H,34,38)/t24-,25+/m0/s1. The second-order valence-electron chi connectivity index (χ2n) is 8.85. The number of rotatable bonds is 9. The highest BCUT2D eigenvalue weighted by Crippen LogP contribution is 2.34. The predicted molar refractivity (Wildman–Crippen MR) is 147 cm³/mol. The largest absolute Gasteiger partial charge is 0.491 e. The number of hydrogen-bond acceptors (Lipinski definition) is 5. The summed E-state index contributed by atoms with van der Waals surface area (Å²) in [7, 11) is 0. The number of aliphatic hydroxyl groups is 1. The first-order chi connectivity index (χ1) is 18.9. The van der Waals surface area contributed by atoms with Crippen molar-refractivity contribution in [1.29, 1.82) is 0 Å². The van der Waals surface area contributed by atoms with E-state index in [0.29, 0.717) is 17.0 Å². The van der Waals surface area contributed by atoms with Crippen LogP contribution >= 0.6 is 22.6 Å². The Labute approximate surface area is 236 Å². The third-order valence-electron chi connectivity index (χ3n) is 6.36. The number of H-pyrrole nitrogens is 1. The molecule has 1 aliphatic heterocycles. The lowest BCUT2D eigenvalue weighted by Gasteiger charge is -2.24. The van der Waals surface area contributed by atoms with Crippen LogP contribution in [-0.2, 0) is 11.2 Å². The Balaban J connectivity index is 1.48. The lowest BCUT2D eigenvalue weighted by Crippen LogP contribution is -2.37. The van der Waals surface area contributed by atoms with Gasteiger partial charge in [0.05, 0.1) is 18.5 Å². The maximum atomic E-state index is 14.7. The molecule has 3 aromatic carbocycles. The molecule has 0 aliphatic carbocycles. The molecule has 0 radical (unpaired) electrons. The number of amides is 3. The Bertz CT molecular complexity index is 1510. The molecule has 3 amide bonds. The Morgan fingerprint density at radius 2 is 1.82 bits per heavy atom. The average molecular weight is 644 g/mol. The molecule has 4 aromatic rings. The zero-order valence-corrected chi connectivity index (χ0v) is 22.6. The molecule has 0 saturated carbocycles. The number of nitrogens with one attached hydrogen (secondary N) is 2. The summed E-state index contributed by atoms with van der Waals surface area (Å²) in [6.45, 7) is -0.0107. The van der Waals surface area contributed by atoms with E-state index in [1.165, 1.54) is 18.3 Å². The molecule has 0 unspecified atom stereocenters. The number of urea groups is 1. The van der Waals surface area contributed by atoms with Gasteiger partial charge in [-0.05, 0) is 70.1 Å². The van der Waals surface area contributed by atoms with Gasteiger partial charge in [-0.25, -0.2) is 18.6 Å². The smallest absolute Gasteiger partial charge is 0.325 e. The highest BCUT2D eigenvalue weighted by molar-refractivity contribution is 14.1. The van der Waals surface area contributed by atoms with E-state index in [1.807, 2.05) is 22.6 Å². The summed E-state index contributed by atoms with van der Waals surface area (Å²) in [6.07, 6.45) is 1.38. The molecule has 2 atom stereocenters. The number of carbonyl (C=O) groups excluding carboxylic acids is 2. The van der Waals surface area contributed by atoms with E-state index < -0.39 is 35.7 Å². The SMILES string of the molecule is O=C1N[C@H](c2ccc(OCCO)cc2)C(=O)N1[C@@H](Cc1ccccc1F)c1ncc(-c2ccc(I)cc2F)[nH]1. The summed E-state index contributed by atoms with van der Waals surface area (Å²) in [5.74, 6) is -0.763. The Morgan fingerprint density at radius 1 is 1.05 bits per heavy atom. The van der Waals surface area contributed by atoms with Crippen molar-refractivity contribution < 1.29 is 28.2 Å². The Hall–Kier alpha value is -3.84. The first-order valence-corrected chi connectivity index (χ1v) is 13.1. The number of nitrogens with zero attached hydrogens (tertiary/aromatic N) is 2. The summed E-state index contributed by atoms with van der Waals surface area (Å²) in [5, 5.41) is 11.6. The quantitative estimate of drug-likeness (QED) is 0.178. The van der Waals surface area contributed by atoms with Crippen molar-refractivity contribution >= 4 is 34.5 Å². The molecule has 1 aliphatic rings. The van der Waals surface area contributed by atoms with E-state index in [9.17, 15) is 18.4 Å². The lowest BCUT2D eigenvalue weighted by molar-refractivity contribution is -0.129. The zero-order chi connectivity index (χ0) is 27.5. The van der Waals surface area contributed by atoms with Gasteiger partial charge in [-0.1, -0.05) is 30.3 Å². The molecule has 5 rings (SSSR count). The fraction of sp³-hybridized carbons (Fsp3) is 0.179. The number of aliphatic hydroxyl groups excluding tert-OH is 1. The van der Waals surface area contributed by atoms with Crippen molar-refractivity contribution in [2.24, 2.45) is 0 Å². The molecule has 8 nitrogen and oxygen atoms in total. The third-order valence-corrected chi connectivity index (χ3v) is 7.03. The van der Waals surface area contributed by atoms with Crippen molar-refractivity contribution in [3.63, 3.8) is 0 Å². The van der Waals surface area contributed by atoms with E-state index >= 15 is 0 Å². The topological polar surface area (TPSA) is 108 Å². The first-order valence-electron chi connectivity index (χ1n) is 12.1. The monoisotopic (exact) mass is 644 g/mol. The molecule has 2 heterocycles. The third kappa shape index (κ3) is 5.64. The predicted octanol–water partition coefficient (Wildman–Crippen LogP) is 4.91. The first kappa shape index (κ1) is 26.8. The van der Waals surface area contributed by atoms with Gasteiger partial charge in [0, 0.05) is 15.6 Å². The van der Waals surface area contributed by atoms with E-state index in [4.69, 9.17) is 9.84 Å². The van der Waals surface area contributed by atoms with Gasteiger partial charge in [0.1, 0.15) is 41.9 Å². The van der Waals surface area contributed by atoms with Crippen LogP contribution in [0.2, 0.25) is 0 Å². The van der Waals surface area contributed by atoms with Gasteiger partial charge in [0.15, 0.2) is 0 Å². The van der Waals surface area contributed by atoms with Crippen LogP contribution in [-0.4, -0.2) is 45.1 Å². The zero-order valence-electron chi connectivity index (χ0n) is 20.4. The summed E-state index contributed by atoms with van der Waals surface area (Å²) >= 11 is 2.01. The summed E-state index contributed by atoms with van der Waals surface area (Å²) in [5.41, 5.74) is 1.45. The highest BCUT2D eigenvalue weighted by atomic mass is 127. The number of hydrogen-bond donors (Lipinski definition) is 3. The van der Waals surface area contributed by atoms with Crippen LogP contribution in [0.25, 0.3) is 11.3 Å². The van der Waals surface area contributed by atoms with Gasteiger partial charge in [0.25, 0.3) is 5.91 Å². The maximum Gasteiger partial charge on any atom is 0.325 e. The van der Waals surface area contributed by atoms with Crippen molar-refractivity contribution in [1.82, 2.24) is 20.2 Å². The van der Waals surface area contributed by atoms with Crippen LogP contribution in [0.3, 0.4) is 0 Å². The van der Waals surface area contributed by atoms with Gasteiger partial charge in [-0.15, -0.1) is 0 Å². The van der Waals surface area contributed by atoms with Gasteiger partial charge < -0.3 is 20.1 Å². The number of aromatic nitrogens is 2.